The first kappa shape index (κ1) is 13.2. The van der Waals surface area contributed by atoms with Crippen LogP contribution in [0.5, 0.6) is 0 Å². The van der Waals surface area contributed by atoms with E-state index in [1.165, 1.54) is 19.1 Å². The molecule has 0 unspecified atom stereocenters. The second-order valence-corrected chi connectivity index (χ2v) is 4.82. The number of fused-ring (bicyclic) bond motifs is 1. The summed E-state index contributed by atoms with van der Waals surface area (Å²) in [6.07, 6.45) is 0. The van der Waals surface area contributed by atoms with E-state index in [4.69, 9.17) is 0 Å². The van der Waals surface area contributed by atoms with Crippen LogP contribution in [-0.4, -0.2) is 10.8 Å². The van der Waals surface area contributed by atoms with E-state index in [9.17, 15) is 14.0 Å². The van der Waals surface area contributed by atoms with Crippen LogP contribution in [0.15, 0.2) is 53.3 Å². The molecule has 3 aromatic rings. The maximum atomic E-state index is 13.5. The van der Waals surface area contributed by atoms with Crippen LogP contribution in [0.4, 0.5) is 4.39 Å². The highest BCUT2D eigenvalue weighted by molar-refractivity contribution is 6.08. The zero-order valence-corrected chi connectivity index (χ0v) is 11.3. The molecule has 0 aliphatic heterocycles. The Kier molecular flexibility index (Phi) is 3.14. The number of ketones is 1. The van der Waals surface area contributed by atoms with Crippen molar-refractivity contribution in [3.05, 3.63) is 70.3 Å². The molecule has 1 heterocycles. The van der Waals surface area contributed by atoms with Gasteiger partial charge in [-0.1, -0.05) is 30.3 Å². The van der Waals surface area contributed by atoms with Gasteiger partial charge in [-0.15, -0.1) is 0 Å². The molecule has 4 heteroatoms. The molecule has 0 amide bonds. The van der Waals surface area contributed by atoms with Gasteiger partial charge in [0, 0.05) is 16.5 Å². The first-order chi connectivity index (χ1) is 10.1. The molecule has 3 nitrogen and oxygen atoms in total. The Balaban J connectivity index is 2.51. The van der Waals surface area contributed by atoms with Crippen molar-refractivity contribution in [3.63, 3.8) is 0 Å². The maximum absolute atomic E-state index is 13.5. The number of hydrogen-bond donors (Lipinski definition) is 1. The summed E-state index contributed by atoms with van der Waals surface area (Å²) in [6.45, 7) is 1.34. The molecular formula is C17H12FNO2. The van der Waals surface area contributed by atoms with Gasteiger partial charge in [0.25, 0.3) is 5.56 Å². The molecular weight excluding hydrogens is 269 g/mol. The quantitative estimate of drug-likeness (QED) is 0.730. The van der Waals surface area contributed by atoms with E-state index in [1.807, 2.05) is 6.07 Å². The van der Waals surface area contributed by atoms with Crippen LogP contribution >= 0.6 is 0 Å². The molecule has 1 N–H and O–H groups in total. The Bertz CT molecular complexity index is 912. The zero-order valence-electron chi connectivity index (χ0n) is 11.3. The van der Waals surface area contributed by atoms with Crippen LogP contribution < -0.4 is 5.56 Å². The molecule has 21 heavy (non-hydrogen) atoms. The highest BCUT2D eigenvalue weighted by atomic mass is 19.1. The van der Waals surface area contributed by atoms with E-state index in [-0.39, 0.29) is 11.3 Å². The van der Waals surface area contributed by atoms with Gasteiger partial charge in [-0.2, -0.15) is 0 Å². The number of nitrogens with one attached hydrogen (secondary N) is 1. The summed E-state index contributed by atoms with van der Waals surface area (Å²) in [5, 5.41) is 0.716. The number of rotatable bonds is 2. The highest BCUT2D eigenvalue weighted by Crippen LogP contribution is 2.30. The van der Waals surface area contributed by atoms with Crippen molar-refractivity contribution in [1.82, 2.24) is 4.98 Å². The topological polar surface area (TPSA) is 49.9 Å². The van der Waals surface area contributed by atoms with Gasteiger partial charge in [0.2, 0.25) is 0 Å². The van der Waals surface area contributed by atoms with Gasteiger partial charge in [0.1, 0.15) is 5.82 Å². The average Bonchev–Trinajstić information content (AvgIpc) is 2.45. The molecule has 0 saturated carbocycles. The molecule has 104 valence electrons. The largest absolute Gasteiger partial charge is 0.321 e. The fourth-order valence-electron chi connectivity index (χ4n) is 2.52. The van der Waals surface area contributed by atoms with Crippen molar-refractivity contribution in [1.29, 1.82) is 0 Å². The lowest BCUT2D eigenvalue weighted by molar-refractivity contribution is 0.101. The number of para-hydroxylation sites is 1. The molecule has 0 spiro atoms. The number of Topliss-reactive ketones (excluding diaryl/α,β-unsaturated/α-hetero) is 1. The van der Waals surface area contributed by atoms with Crippen molar-refractivity contribution >= 4 is 16.7 Å². The average molecular weight is 281 g/mol. The number of benzene rings is 2. The molecule has 0 atom stereocenters. The number of hydrogen-bond acceptors (Lipinski definition) is 2. The van der Waals surface area contributed by atoms with Crippen LogP contribution in [-0.2, 0) is 0 Å². The Labute approximate surface area is 120 Å². The van der Waals surface area contributed by atoms with Crippen molar-refractivity contribution in [2.24, 2.45) is 0 Å². The summed E-state index contributed by atoms with van der Waals surface area (Å²) in [6, 6.07) is 13.1. The zero-order chi connectivity index (χ0) is 15.0. The van der Waals surface area contributed by atoms with Crippen LogP contribution in [0.2, 0.25) is 0 Å². The molecule has 3 rings (SSSR count). The van der Waals surface area contributed by atoms with E-state index in [0.29, 0.717) is 22.0 Å². The third-order valence-electron chi connectivity index (χ3n) is 3.39. The summed E-state index contributed by atoms with van der Waals surface area (Å²) in [5.74, 6) is -0.757. The van der Waals surface area contributed by atoms with Crippen LogP contribution in [0.1, 0.15) is 17.3 Å². The van der Waals surface area contributed by atoms with Crippen molar-refractivity contribution in [2.45, 2.75) is 6.92 Å². The minimum atomic E-state index is -0.458. The summed E-state index contributed by atoms with van der Waals surface area (Å²) in [5.41, 5.74) is 1.20. The van der Waals surface area contributed by atoms with E-state index in [2.05, 4.69) is 4.98 Å². The van der Waals surface area contributed by atoms with Crippen LogP contribution in [0, 0.1) is 5.82 Å². The molecule has 0 radical (unpaired) electrons. The van der Waals surface area contributed by atoms with Crippen LogP contribution in [0.25, 0.3) is 22.0 Å². The number of pyridine rings is 1. The molecule has 0 fully saturated rings. The number of carbonyl (C=O) groups excluding carboxylic acids is 1. The molecule has 0 bridgehead atoms. The van der Waals surface area contributed by atoms with Gasteiger partial charge in [-0.3, -0.25) is 9.59 Å². The summed E-state index contributed by atoms with van der Waals surface area (Å²) in [7, 11) is 0. The summed E-state index contributed by atoms with van der Waals surface area (Å²) < 4.78 is 13.5. The summed E-state index contributed by atoms with van der Waals surface area (Å²) >= 11 is 0. The number of halogens is 1. The van der Waals surface area contributed by atoms with Gasteiger partial charge in [0.05, 0.1) is 5.56 Å². The van der Waals surface area contributed by atoms with Gasteiger partial charge in [0.15, 0.2) is 5.78 Å². The van der Waals surface area contributed by atoms with Gasteiger partial charge < -0.3 is 4.98 Å². The Morgan fingerprint density at radius 3 is 2.57 bits per heavy atom. The van der Waals surface area contributed by atoms with E-state index in [1.54, 1.807) is 30.3 Å². The predicted octanol–water partition coefficient (Wildman–Crippen LogP) is 3.54. The second-order valence-electron chi connectivity index (χ2n) is 4.82. The molecule has 0 aliphatic rings. The van der Waals surface area contributed by atoms with Gasteiger partial charge in [-0.05, 0) is 30.7 Å². The minimum absolute atomic E-state index is 0.0549. The lowest BCUT2D eigenvalue weighted by Crippen LogP contribution is -2.18. The first-order valence-electron chi connectivity index (χ1n) is 6.50. The third kappa shape index (κ3) is 2.25. The van der Waals surface area contributed by atoms with E-state index < -0.39 is 11.4 Å². The lowest BCUT2D eigenvalue weighted by Gasteiger charge is -2.11. The van der Waals surface area contributed by atoms with Crippen molar-refractivity contribution in [2.75, 3.05) is 0 Å². The first-order valence-corrected chi connectivity index (χ1v) is 6.50. The Morgan fingerprint density at radius 1 is 1.10 bits per heavy atom. The molecule has 0 aliphatic carbocycles. The number of aromatic amines is 1. The predicted molar refractivity (Wildman–Crippen MR) is 80.0 cm³/mol. The fraction of sp³-hybridized carbons (Fsp3) is 0.0588. The van der Waals surface area contributed by atoms with E-state index >= 15 is 0 Å². The Hall–Kier alpha value is -2.75. The Morgan fingerprint density at radius 2 is 1.86 bits per heavy atom. The third-order valence-corrected chi connectivity index (χ3v) is 3.39. The number of aromatic nitrogens is 1. The van der Waals surface area contributed by atoms with Gasteiger partial charge >= 0.3 is 0 Å². The minimum Gasteiger partial charge on any atom is -0.321 e. The van der Waals surface area contributed by atoms with Crippen molar-refractivity contribution in [3.8, 4) is 11.1 Å². The molecule has 1 aromatic heterocycles. The van der Waals surface area contributed by atoms with Gasteiger partial charge in [-0.25, -0.2) is 4.39 Å². The number of carbonyl (C=O) groups is 1. The maximum Gasteiger partial charge on any atom is 0.259 e. The molecule has 2 aromatic carbocycles. The highest BCUT2D eigenvalue weighted by Gasteiger charge is 2.17. The van der Waals surface area contributed by atoms with Crippen molar-refractivity contribution < 1.29 is 9.18 Å². The SMILES string of the molecule is CC(=O)c1c(-c2cccc(F)c2)c2ccccc2[nH]c1=O. The number of H-pyrrole nitrogens is 1. The summed E-state index contributed by atoms with van der Waals surface area (Å²) in [4.78, 5) is 26.8. The second kappa shape index (κ2) is 4.98. The molecule has 0 saturated heterocycles. The lowest BCUT2D eigenvalue weighted by atomic mass is 9.94. The monoisotopic (exact) mass is 281 g/mol. The van der Waals surface area contributed by atoms with E-state index in [0.717, 1.165) is 0 Å². The van der Waals surface area contributed by atoms with Crippen LogP contribution in [0.3, 0.4) is 0 Å². The smallest absolute Gasteiger partial charge is 0.259 e. The fourth-order valence-corrected chi connectivity index (χ4v) is 2.52. The normalized spacial score (nSPS) is 10.8. The standard InChI is InChI=1S/C17H12FNO2/c1-10(20)15-16(11-5-4-6-12(18)9-11)13-7-2-3-8-14(13)19-17(15)21/h2-9H,1H3,(H,19,21).